The van der Waals surface area contributed by atoms with Crippen LogP contribution in [0.4, 0.5) is 5.69 Å². The highest BCUT2D eigenvalue weighted by molar-refractivity contribution is 5.46. The summed E-state index contributed by atoms with van der Waals surface area (Å²) >= 11 is 0. The zero-order valence-corrected chi connectivity index (χ0v) is 12.2. The summed E-state index contributed by atoms with van der Waals surface area (Å²) in [6, 6.07) is 4.44. The Morgan fingerprint density at radius 1 is 1.38 bits per heavy atom. The van der Waals surface area contributed by atoms with Gasteiger partial charge in [-0.15, -0.1) is 0 Å². The number of rotatable bonds is 3. The Balaban J connectivity index is 1.50. The van der Waals surface area contributed by atoms with E-state index in [0.29, 0.717) is 18.1 Å². The smallest absolute Gasteiger partial charge is 0.155 e. The molecule has 2 aromatic heterocycles. The first-order valence-electron chi connectivity index (χ1n) is 7.35. The normalized spacial score (nSPS) is 29.7. The minimum Gasteiger partial charge on any atom is -0.380 e. The molecule has 1 N–H and O–H groups in total. The Bertz CT molecular complexity index is 622. The van der Waals surface area contributed by atoms with Crippen LogP contribution in [0.1, 0.15) is 20.3 Å². The predicted molar refractivity (Wildman–Crippen MR) is 78.2 cm³/mol. The molecule has 21 heavy (non-hydrogen) atoms. The Morgan fingerprint density at radius 2 is 2.29 bits per heavy atom. The molecule has 1 saturated carbocycles. The molecule has 6 heteroatoms. The van der Waals surface area contributed by atoms with Gasteiger partial charge in [0.25, 0.3) is 0 Å². The van der Waals surface area contributed by atoms with E-state index in [1.54, 1.807) is 11.0 Å². The highest BCUT2D eigenvalue weighted by atomic mass is 16.5. The summed E-state index contributed by atoms with van der Waals surface area (Å²) in [7, 11) is 0. The van der Waals surface area contributed by atoms with Gasteiger partial charge < -0.3 is 10.1 Å². The standard InChI is InChI=1S/C15H19N5O/c1-15(2)13(11-5-6-21-14(11)15)19-10-3-4-12(17-7-10)20-9-16-8-18-20/h3-4,7-9,11,13-14,19H,5-6H2,1-2H3. The lowest BCUT2D eigenvalue weighted by Crippen LogP contribution is -2.63. The highest BCUT2D eigenvalue weighted by Gasteiger charge is 2.59. The van der Waals surface area contributed by atoms with E-state index in [1.807, 2.05) is 18.3 Å². The van der Waals surface area contributed by atoms with Crippen LogP contribution >= 0.6 is 0 Å². The predicted octanol–water partition coefficient (Wildman–Crippen LogP) is 1.89. The molecule has 3 heterocycles. The van der Waals surface area contributed by atoms with Crippen molar-refractivity contribution in [3.63, 3.8) is 0 Å². The summed E-state index contributed by atoms with van der Waals surface area (Å²) in [5.74, 6) is 1.39. The van der Waals surface area contributed by atoms with Crippen LogP contribution in [-0.4, -0.2) is 38.5 Å². The van der Waals surface area contributed by atoms with Gasteiger partial charge >= 0.3 is 0 Å². The summed E-state index contributed by atoms with van der Waals surface area (Å²) in [5, 5.41) is 7.70. The lowest BCUT2D eigenvalue weighted by atomic mass is 9.57. The van der Waals surface area contributed by atoms with Crippen molar-refractivity contribution in [2.24, 2.45) is 11.3 Å². The van der Waals surface area contributed by atoms with Crippen LogP contribution in [0, 0.1) is 11.3 Å². The molecule has 1 aliphatic carbocycles. The third-order valence-electron chi connectivity index (χ3n) is 4.82. The number of aromatic nitrogens is 4. The van der Waals surface area contributed by atoms with Crippen LogP contribution in [-0.2, 0) is 4.74 Å². The Morgan fingerprint density at radius 3 is 3.00 bits per heavy atom. The van der Waals surface area contributed by atoms with Crippen molar-refractivity contribution < 1.29 is 4.74 Å². The van der Waals surface area contributed by atoms with Crippen molar-refractivity contribution in [1.29, 1.82) is 0 Å². The Kier molecular flexibility index (Phi) is 2.75. The first kappa shape index (κ1) is 12.8. The van der Waals surface area contributed by atoms with E-state index in [9.17, 15) is 0 Å². The molecule has 3 unspecified atom stereocenters. The van der Waals surface area contributed by atoms with Crippen molar-refractivity contribution in [3.8, 4) is 5.82 Å². The largest absolute Gasteiger partial charge is 0.380 e. The average molecular weight is 285 g/mol. The number of anilines is 1. The lowest BCUT2D eigenvalue weighted by molar-refractivity contribution is -0.0923. The summed E-state index contributed by atoms with van der Waals surface area (Å²) in [6.45, 7) is 5.43. The Labute approximate surface area is 123 Å². The van der Waals surface area contributed by atoms with Gasteiger partial charge in [-0.05, 0) is 18.6 Å². The van der Waals surface area contributed by atoms with E-state index >= 15 is 0 Å². The second-order valence-electron chi connectivity index (χ2n) is 6.43. The topological polar surface area (TPSA) is 64.9 Å². The molecular weight excluding hydrogens is 266 g/mol. The van der Waals surface area contributed by atoms with Gasteiger partial charge in [-0.2, -0.15) is 5.10 Å². The molecule has 3 atom stereocenters. The van der Waals surface area contributed by atoms with E-state index in [2.05, 4.69) is 34.2 Å². The summed E-state index contributed by atoms with van der Waals surface area (Å²) in [6.07, 6.45) is 6.56. The van der Waals surface area contributed by atoms with E-state index in [-0.39, 0.29) is 5.41 Å². The molecular formula is C15H19N5O. The molecule has 2 aliphatic rings. The third-order valence-corrected chi connectivity index (χ3v) is 4.82. The molecule has 0 radical (unpaired) electrons. The number of ether oxygens (including phenoxy) is 1. The van der Waals surface area contributed by atoms with Crippen molar-refractivity contribution in [3.05, 3.63) is 31.0 Å². The van der Waals surface area contributed by atoms with Crippen molar-refractivity contribution in [2.75, 3.05) is 11.9 Å². The number of nitrogens with zero attached hydrogens (tertiary/aromatic N) is 4. The van der Waals surface area contributed by atoms with Crippen LogP contribution < -0.4 is 5.32 Å². The monoisotopic (exact) mass is 285 g/mol. The molecule has 0 bridgehead atoms. The maximum atomic E-state index is 5.83. The van der Waals surface area contributed by atoms with Crippen LogP contribution in [0.2, 0.25) is 0 Å². The number of hydrogen-bond acceptors (Lipinski definition) is 5. The fourth-order valence-corrected chi connectivity index (χ4v) is 3.73. The first-order chi connectivity index (χ1) is 10.2. The number of fused-ring (bicyclic) bond motifs is 1. The molecule has 6 nitrogen and oxygen atoms in total. The molecule has 0 amide bonds. The van der Waals surface area contributed by atoms with Crippen molar-refractivity contribution >= 4 is 5.69 Å². The van der Waals surface area contributed by atoms with Gasteiger partial charge in [-0.3, -0.25) is 0 Å². The van der Waals surface area contributed by atoms with Crippen LogP contribution in [0.5, 0.6) is 0 Å². The maximum Gasteiger partial charge on any atom is 0.155 e. The summed E-state index contributed by atoms with van der Waals surface area (Å²) < 4.78 is 7.48. The van der Waals surface area contributed by atoms with Gasteiger partial charge in [0.15, 0.2) is 5.82 Å². The van der Waals surface area contributed by atoms with Crippen LogP contribution in [0.15, 0.2) is 31.0 Å². The molecule has 2 fully saturated rings. The molecule has 0 aromatic carbocycles. The molecule has 4 rings (SSSR count). The van der Waals surface area contributed by atoms with Gasteiger partial charge in [0.2, 0.25) is 0 Å². The van der Waals surface area contributed by atoms with Gasteiger partial charge in [0.1, 0.15) is 12.7 Å². The fraction of sp³-hybridized carbons (Fsp3) is 0.533. The van der Waals surface area contributed by atoms with Crippen LogP contribution in [0.3, 0.4) is 0 Å². The highest BCUT2D eigenvalue weighted by Crippen LogP contribution is 2.53. The van der Waals surface area contributed by atoms with Crippen LogP contribution in [0.25, 0.3) is 5.82 Å². The fourth-order valence-electron chi connectivity index (χ4n) is 3.73. The van der Waals surface area contributed by atoms with Gasteiger partial charge in [-0.1, -0.05) is 13.8 Å². The molecule has 110 valence electrons. The zero-order valence-electron chi connectivity index (χ0n) is 12.2. The average Bonchev–Trinajstić information content (AvgIpc) is 3.16. The number of nitrogens with one attached hydrogen (secondary N) is 1. The minimum absolute atomic E-state index is 0.172. The second-order valence-corrected chi connectivity index (χ2v) is 6.43. The third kappa shape index (κ3) is 1.93. The number of pyridine rings is 1. The molecule has 1 aliphatic heterocycles. The van der Waals surface area contributed by atoms with E-state index in [0.717, 1.165) is 24.5 Å². The lowest BCUT2D eigenvalue weighted by Gasteiger charge is -2.55. The van der Waals surface area contributed by atoms with E-state index < -0.39 is 0 Å². The summed E-state index contributed by atoms with van der Waals surface area (Å²) in [5.41, 5.74) is 1.22. The minimum atomic E-state index is 0.172. The molecule has 0 spiro atoms. The van der Waals surface area contributed by atoms with Crippen molar-refractivity contribution in [2.45, 2.75) is 32.4 Å². The van der Waals surface area contributed by atoms with E-state index in [4.69, 9.17) is 4.74 Å². The van der Waals surface area contributed by atoms with Crippen molar-refractivity contribution in [1.82, 2.24) is 19.7 Å². The van der Waals surface area contributed by atoms with Gasteiger partial charge in [-0.25, -0.2) is 14.6 Å². The molecule has 1 saturated heterocycles. The van der Waals surface area contributed by atoms with E-state index in [1.165, 1.54) is 6.33 Å². The Hall–Kier alpha value is -1.95. The second kappa shape index (κ2) is 4.53. The maximum absolute atomic E-state index is 5.83. The summed E-state index contributed by atoms with van der Waals surface area (Å²) in [4.78, 5) is 8.36. The van der Waals surface area contributed by atoms with Gasteiger partial charge in [0, 0.05) is 24.0 Å². The quantitative estimate of drug-likeness (QED) is 0.933. The molecule has 2 aromatic rings. The first-order valence-corrected chi connectivity index (χ1v) is 7.35. The SMILES string of the molecule is CC1(C)C(Nc2ccc(-n3cncn3)nc2)C2CCOC21. The van der Waals surface area contributed by atoms with Gasteiger partial charge in [0.05, 0.1) is 18.0 Å². The zero-order chi connectivity index (χ0) is 14.4. The number of hydrogen-bond donors (Lipinski definition) is 1.